The van der Waals surface area contributed by atoms with Gasteiger partial charge >= 0.3 is 0 Å². The molecule has 0 fully saturated rings. The Bertz CT molecular complexity index is 1870. The average molecular weight is 529 g/mol. The van der Waals surface area contributed by atoms with Crippen LogP contribution in [0.1, 0.15) is 11.3 Å². The standard InChI is InChI=1S/C28H25FN6O2S/c1-35-8-4-5-18(16-35)25-13-23-27(15-30-25)33-34-28(23)26-12-22-21(6-3-7-24(22)32-26)19-9-17(10-20(29)11-19)14-31-38(2,36)37/h3-7,9-13,15-16,31-32H,8,14H2,1-2H3,(H,33,34). The Morgan fingerprint density at radius 1 is 1.11 bits per heavy atom. The minimum atomic E-state index is -3.40. The summed E-state index contributed by atoms with van der Waals surface area (Å²) >= 11 is 0. The lowest BCUT2D eigenvalue weighted by atomic mass is 9.99. The van der Waals surface area contributed by atoms with Gasteiger partial charge in [0.15, 0.2) is 0 Å². The van der Waals surface area contributed by atoms with Gasteiger partial charge in [0.2, 0.25) is 10.0 Å². The van der Waals surface area contributed by atoms with Crippen molar-refractivity contribution >= 4 is 37.4 Å². The topological polar surface area (TPSA) is 107 Å². The lowest BCUT2D eigenvalue weighted by Gasteiger charge is -2.17. The Kier molecular flexibility index (Phi) is 5.85. The summed E-state index contributed by atoms with van der Waals surface area (Å²) in [6.07, 6.45) is 9.11. The van der Waals surface area contributed by atoms with Crippen LogP contribution >= 0.6 is 0 Å². The predicted octanol–water partition coefficient (Wildman–Crippen LogP) is 4.80. The number of fused-ring (bicyclic) bond motifs is 2. The number of rotatable bonds is 6. The summed E-state index contributed by atoms with van der Waals surface area (Å²) in [6.45, 7) is 0.871. The molecule has 0 aliphatic carbocycles. The molecule has 5 aromatic rings. The van der Waals surface area contributed by atoms with E-state index in [1.54, 1.807) is 12.3 Å². The molecule has 0 atom stereocenters. The number of likely N-dealkylation sites (N-methyl/N-ethyl adjacent to an activating group) is 1. The van der Waals surface area contributed by atoms with E-state index < -0.39 is 15.8 Å². The quantitative estimate of drug-likeness (QED) is 0.293. The second-order valence-corrected chi connectivity index (χ2v) is 11.3. The van der Waals surface area contributed by atoms with Gasteiger partial charge in [-0.3, -0.25) is 10.1 Å². The fraction of sp³-hybridized carbons (Fsp3) is 0.143. The van der Waals surface area contributed by atoms with Crippen molar-refractivity contribution in [2.24, 2.45) is 0 Å². The van der Waals surface area contributed by atoms with Crippen molar-refractivity contribution in [3.05, 3.63) is 90.2 Å². The minimum absolute atomic E-state index is 0.00893. The Labute approximate surface area is 219 Å². The molecule has 3 aromatic heterocycles. The van der Waals surface area contributed by atoms with E-state index in [1.165, 1.54) is 12.1 Å². The highest BCUT2D eigenvalue weighted by Gasteiger charge is 2.16. The van der Waals surface area contributed by atoms with Crippen molar-refractivity contribution in [2.45, 2.75) is 6.54 Å². The summed E-state index contributed by atoms with van der Waals surface area (Å²) < 4.78 is 40.0. The molecule has 1 aliphatic heterocycles. The number of aromatic amines is 2. The number of benzene rings is 2. The molecule has 2 aromatic carbocycles. The summed E-state index contributed by atoms with van der Waals surface area (Å²) in [5.74, 6) is -0.435. The molecule has 0 saturated heterocycles. The van der Waals surface area contributed by atoms with Crippen LogP contribution in [-0.4, -0.2) is 53.3 Å². The fourth-order valence-corrected chi connectivity index (χ4v) is 5.20. The summed E-state index contributed by atoms with van der Waals surface area (Å²) in [7, 11) is -1.38. The third kappa shape index (κ3) is 4.71. The molecule has 1 aliphatic rings. The first-order chi connectivity index (χ1) is 18.2. The number of H-pyrrole nitrogens is 2. The van der Waals surface area contributed by atoms with Gasteiger partial charge in [-0.25, -0.2) is 17.5 Å². The van der Waals surface area contributed by atoms with Crippen LogP contribution in [0.2, 0.25) is 0 Å². The second kappa shape index (κ2) is 9.23. The molecule has 0 saturated carbocycles. The molecular weight excluding hydrogens is 503 g/mol. The summed E-state index contributed by atoms with van der Waals surface area (Å²) in [5, 5.41) is 9.48. The van der Waals surface area contributed by atoms with Crippen LogP contribution in [0.3, 0.4) is 0 Å². The van der Waals surface area contributed by atoms with Gasteiger partial charge in [-0.15, -0.1) is 0 Å². The van der Waals surface area contributed by atoms with E-state index in [0.29, 0.717) is 11.1 Å². The van der Waals surface area contributed by atoms with Crippen LogP contribution < -0.4 is 4.72 Å². The van der Waals surface area contributed by atoms with Crippen LogP contribution in [0.25, 0.3) is 49.9 Å². The van der Waals surface area contributed by atoms with Crippen LogP contribution in [-0.2, 0) is 16.6 Å². The number of halogens is 1. The number of hydrogen-bond donors (Lipinski definition) is 3. The Morgan fingerprint density at radius 3 is 2.79 bits per heavy atom. The molecule has 8 nitrogen and oxygen atoms in total. The van der Waals surface area contributed by atoms with Crippen molar-refractivity contribution in [1.82, 2.24) is 29.8 Å². The first kappa shape index (κ1) is 24.1. The van der Waals surface area contributed by atoms with Gasteiger partial charge < -0.3 is 9.88 Å². The van der Waals surface area contributed by atoms with E-state index in [2.05, 4.69) is 48.1 Å². The number of pyridine rings is 1. The van der Waals surface area contributed by atoms with Crippen LogP contribution in [0.4, 0.5) is 4.39 Å². The van der Waals surface area contributed by atoms with Gasteiger partial charge in [0.25, 0.3) is 0 Å². The van der Waals surface area contributed by atoms with Crippen molar-refractivity contribution in [3.8, 4) is 22.5 Å². The zero-order chi connectivity index (χ0) is 26.4. The monoisotopic (exact) mass is 528 g/mol. The molecule has 38 heavy (non-hydrogen) atoms. The van der Waals surface area contributed by atoms with E-state index in [9.17, 15) is 12.8 Å². The van der Waals surface area contributed by atoms with Gasteiger partial charge in [0.05, 0.1) is 29.4 Å². The normalized spacial score (nSPS) is 14.0. The van der Waals surface area contributed by atoms with Crippen molar-refractivity contribution < 1.29 is 12.8 Å². The largest absolute Gasteiger partial charge is 0.376 e. The van der Waals surface area contributed by atoms with E-state index in [4.69, 9.17) is 0 Å². The Balaban J connectivity index is 1.42. The second-order valence-electron chi connectivity index (χ2n) is 9.50. The molecule has 0 spiro atoms. The maximum absolute atomic E-state index is 14.5. The van der Waals surface area contributed by atoms with E-state index in [-0.39, 0.29) is 6.54 Å². The lowest BCUT2D eigenvalue weighted by Crippen LogP contribution is -2.21. The first-order valence-electron chi connectivity index (χ1n) is 12.0. The number of hydrogen-bond acceptors (Lipinski definition) is 5. The number of nitrogens with zero attached hydrogens (tertiary/aromatic N) is 3. The molecule has 0 bridgehead atoms. The maximum Gasteiger partial charge on any atom is 0.209 e. The van der Waals surface area contributed by atoms with Crippen LogP contribution in [0.5, 0.6) is 0 Å². The van der Waals surface area contributed by atoms with E-state index in [1.807, 2.05) is 37.4 Å². The summed E-state index contributed by atoms with van der Waals surface area (Å²) in [6, 6.07) is 14.4. The highest BCUT2D eigenvalue weighted by atomic mass is 32.2. The highest BCUT2D eigenvalue weighted by Crippen LogP contribution is 2.35. The van der Waals surface area contributed by atoms with Crippen LogP contribution in [0, 0.1) is 5.82 Å². The molecule has 6 rings (SSSR count). The molecule has 4 heterocycles. The first-order valence-corrected chi connectivity index (χ1v) is 13.9. The highest BCUT2D eigenvalue weighted by molar-refractivity contribution is 7.88. The number of aromatic nitrogens is 4. The van der Waals surface area contributed by atoms with Crippen molar-refractivity contribution in [3.63, 3.8) is 0 Å². The van der Waals surface area contributed by atoms with Gasteiger partial charge in [-0.1, -0.05) is 24.3 Å². The number of nitrogens with one attached hydrogen (secondary N) is 3. The maximum atomic E-state index is 14.5. The number of sulfonamides is 1. The summed E-state index contributed by atoms with van der Waals surface area (Å²) in [5.41, 5.74) is 7.18. The lowest BCUT2D eigenvalue weighted by molar-refractivity contribution is 0.507. The molecule has 192 valence electrons. The van der Waals surface area contributed by atoms with E-state index in [0.717, 1.165) is 62.8 Å². The molecule has 0 unspecified atom stereocenters. The molecule has 3 N–H and O–H groups in total. The fourth-order valence-electron chi connectivity index (χ4n) is 4.77. The van der Waals surface area contributed by atoms with Crippen molar-refractivity contribution in [1.29, 1.82) is 0 Å². The smallest absolute Gasteiger partial charge is 0.209 e. The van der Waals surface area contributed by atoms with Gasteiger partial charge in [0, 0.05) is 48.2 Å². The molecule has 0 radical (unpaired) electrons. The van der Waals surface area contributed by atoms with Crippen LogP contribution in [0.15, 0.2) is 73.1 Å². The predicted molar refractivity (Wildman–Crippen MR) is 148 cm³/mol. The molecule has 10 heteroatoms. The summed E-state index contributed by atoms with van der Waals surface area (Å²) in [4.78, 5) is 10.2. The Hall–Kier alpha value is -4.28. The third-order valence-electron chi connectivity index (χ3n) is 6.52. The minimum Gasteiger partial charge on any atom is -0.376 e. The SMILES string of the molecule is CN1C=C(c2cc3c(-c4cc5c(-c6cc(F)cc(CNS(C)(=O)=O)c6)cccc5[nH]4)n[nH]c3cn2)C=CC1. The van der Waals surface area contributed by atoms with E-state index >= 15 is 0 Å². The molecule has 0 amide bonds. The van der Waals surface area contributed by atoms with Gasteiger partial charge in [0.1, 0.15) is 11.5 Å². The van der Waals surface area contributed by atoms with Crippen molar-refractivity contribution in [2.75, 3.05) is 19.8 Å². The number of allylic oxidation sites excluding steroid dienone is 2. The third-order valence-corrected chi connectivity index (χ3v) is 7.19. The Morgan fingerprint density at radius 2 is 1.97 bits per heavy atom. The average Bonchev–Trinajstić information content (AvgIpc) is 3.50. The molecular formula is C28H25FN6O2S. The zero-order valence-corrected chi connectivity index (χ0v) is 21.6. The van der Waals surface area contributed by atoms with Gasteiger partial charge in [-0.05, 0) is 53.1 Å². The zero-order valence-electron chi connectivity index (χ0n) is 20.8. The van der Waals surface area contributed by atoms with Gasteiger partial charge in [-0.2, -0.15) is 5.10 Å².